The summed E-state index contributed by atoms with van der Waals surface area (Å²) in [5, 5.41) is 8.77. The molecule has 4 aromatic rings. The van der Waals surface area contributed by atoms with Gasteiger partial charge in [-0.05, 0) is 69.4 Å². The van der Waals surface area contributed by atoms with E-state index in [9.17, 15) is 0 Å². The lowest BCUT2D eigenvalue weighted by Gasteiger charge is -2.30. The third-order valence-electron chi connectivity index (χ3n) is 7.39. The minimum Gasteiger partial charge on any atom is -0.377 e. The van der Waals surface area contributed by atoms with Gasteiger partial charge >= 0.3 is 0 Å². The SMILES string of the molecule is Cc1cc(CNC2CCC(Nc3cc(N(C)C)c4ccccc4n3)CC2)c(C)n1-c1ccccc1. The number of nitrogens with one attached hydrogen (secondary N) is 2. The van der Waals surface area contributed by atoms with Crippen LogP contribution in [0.15, 0.2) is 66.7 Å². The minimum absolute atomic E-state index is 0.472. The van der Waals surface area contributed by atoms with E-state index in [1.807, 2.05) is 0 Å². The number of fused-ring (bicyclic) bond motifs is 1. The zero-order valence-corrected chi connectivity index (χ0v) is 21.4. The first kappa shape index (κ1) is 23.4. The van der Waals surface area contributed by atoms with E-state index in [-0.39, 0.29) is 0 Å². The second-order valence-electron chi connectivity index (χ2n) is 10.1. The molecule has 0 saturated heterocycles. The molecule has 5 rings (SSSR count). The molecule has 1 aliphatic rings. The lowest BCUT2D eigenvalue weighted by Crippen LogP contribution is -2.36. The van der Waals surface area contributed by atoms with Gasteiger partial charge in [-0.3, -0.25) is 0 Å². The van der Waals surface area contributed by atoms with Gasteiger partial charge in [-0.15, -0.1) is 0 Å². The van der Waals surface area contributed by atoms with Crippen molar-refractivity contribution in [2.24, 2.45) is 0 Å². The van der Waals surface area contributed by atoms with Crippen molar-refractivity contribution in [3.8, 4) is 5.69 Å². The van der Waals surface area contributed by atoms with Crippen LogP contribution in [0.1, 0.15) is 42.6 Å². The van der Waals surface area contributed by atoms with Gasteiger partial charge in [0.15, 0.2) is 0 Å². The fourth-order valence-electron chi connectivity index (χ4n) is 5.49. The van der Waals surface area contributed by atoms with Gasteiger partial charge in [-0.2, -0.15) is 0 Å². The van der Waals surface area contributed by atoms with Crippen LogP contribution in [-0.4, -0.2) is 35.7 Å². The second-order valence-corrected chi connectivity index (χ2v) is 10.1. The van der Waals surface area contributed by atoms with Crippen molar-refractivity contribution < 1.29 is 0 Å². The molecule has 0 aliphatic heterocycles. The highest BCUT2D eigenvalue weighted by molar-refractivity contribution is 5.93. The molecule has 5 nitrogen and oxygen atoms in total. The summed E-state index contributed by atoms with van der Waals surface area (Å²) in [5.74, 6) is 0.983. The normalized spacial score (nSPS) is 18.1. The fourth-order valence-corrected chi connectivity index (χ4v) is 5.49. The molecular weight excluding hydrogens is 430 g/mol. The smallest absolute Gasteiger partial charge is 0.128 e. The van der Waals surface area contributed by atoms with Crippen LogP contribution in [-0.2, 0) is 6.54 Å². The molecule has 0 radical (unpaired) electrons. The van der Waals surface area contributed by atoms with Crippen molar-refractivity contribution in [1.82, 2.24) is 14.9 Å². The van der Waals surface area contributed by atoms with Gasteiger partial charge in [-0.25, -0.2) is 4.98 Å². The molecule has 182 valence electrons. The Labute approximate surface area is 209 Å². The lowest BCUT2D eigenvalue weighted by molar-refractivity contribution is 0.352. The Balaban J connectivity index is 1.18. The van der Waals surface area contributed by atoms with Crippen molar-refractivity contribution in [2.45, 2.75) is 58.2 Å². The number of pyridine rings is 1. The molecule has 1 fully saturated rings. The molecule has 1 saturated carbocycles. The van der Waals surface area contributed by atoms with E-state index in [1.54, 1.807) is 0 Å². The summed E-state index contributed by atoms with van der Waals surface area (Å²) in [4.78, 5) is 7.07. The monoisotopic (exact) mass is 467 g/mol. The molecule has 0 bridgehead atoms. The van der Waals surface area contributed by atoms with Crippen LogP contribution in [0, 0.1) is 13.8 Å². The predicted octanol–water partition coefficient (Wildman–Crippen LogP) is 6.22. The number of aromatic nitrogens is 2. The quantitative estimate of drug-likeness (QED) is 0.339. The van der Waals surface area contributed by atoms with E-state index >= 15 is 0 Å². The molecule has 35 heavy (non-hydrogen) atoms. The van der Waals surface area contributed by atoms with E-state index < -0.39 is 0 Å². The molecule has 2 aromatic heterocycles. The van der Waals surface area contributed by atoms with Crippen LogP contribution in [0.3, 0.4) is 0 Å². The highest BCUT2D eigenvalue weighted by atomic mass is 15.1. The summed E-state index contributed by atoms with van der Waals surface area (Å²) in [6.07, 6.45) is 4.69. The third kappa shape index (κ3) is 5.06. The minimum atomic E-state index is 0.472. The van der Waals surface area contributed by atoms with Crippen molar-refractivity contribution >= 4 is 22.4 Å². The van der Waals surface area contributed by atoms with Gasteiger partial charge in [0.1, 0.15) is 5.82 Å². The van der Waals surface area contributed by atoms with E-state index in [2.05, 4.69) is 115 Å². The van der Waals surface area contributed by atoms with Crippen LogP contribution in [0.4, 0.5) is 11.5 Å². The van der Waals surface area contributed by atoms with E-state index in [1.165, 1.54) is 46.6 Å². The summed E-state index contributed by atoms with van der Waals surface area (Å²) in [6, 6.07) is 24.6. The number of aryl methyl sites for hydroxylation is 1. The van der Waals surface area contributed by atoms with Gasteiger partial charge < -0.3 is 20.1 Å². The van der Waals surface area contributed by atoms with Gasteiger partial charge in [0.25, 0.3) is 0 Å². The average Bonchev–Trinajstić information content (AvgIpc) is 3.16. The highest BCUT2D eigenvalue weighted by Gasteiger charge is 2.22. The Bertz CT molecular complexity index is 1280. The Morgan fingerprint density at radius 1 is 0.886 bits per heavy atom. The summed E-state index contributed by atoms with van der Waals surface area (Å²) in [7, 11) is 4.19. The van der Waals surface area contributed by atoms with Crippen LogP contribution >= 0.6 is 0 Å². The molecule has 0 spiro atoms. The number of benzene rings is 2. The van der Waals surface area contributed by atoms with Gasteiger partial charge in [0.05, 0.1) is 5.52 Å². The molecule has 2 heterocycles. The van der Waals surface area contributed by atoms with Crippen molar-refractivity contribution in [3.05, 3.63) is 83.7 Å². The first-order chi connectivity index (χ1) is 17.0. The largest absolute Gasteiger partial charge is 0.377 e. The van der Waals surface area contributed by atoms with Crippen LogP contribution in [0.25, 0.3) is 16.6 Å². The maximum absolute atomic E-state index is 4.90. The molecule has 0 atom stereocenters. The van der Waals surface area contributed by atoms with Crippen LogP contribution in [0.5, 0.6) is 0 Å². The summed E-state index contributed by atoms with van der Waals surface area (Å²) < 4.78 is 2.36. The molecule has 2 aromatic carbocycles. The van der Waals surface area contributed by atoms with Gasteiger partial charge in [-0.1, -0.05) is 36.4 Å². The first-order valence-electron chi connectivity index (χ1n) is 12.8. The number of nitrogens with zero attached hydrogens (tertiary/aromatic N) is 3. The lowest BCUT2D eigenvalue weighted by atomic mass is 9.91. The first-order valence-corrected chi connectivity index (χ1v) is 12.8. The maximum Gasteiger partial charge on any atom is 0.128 e. The number of rotatable bonds is 7. The zero-order valence-electron chi connectivity index (χ0n) is 21.4. The highest BCUT2D eigenvalue weighted by Crippen LogP contribution is 2.29. The zero-order chi connectivity index (χ0) is 24.4. The molecule has 0 unspecified atom stereocenters. The van der Waals surface area contributed by atoms with E-state index in [4.69, 9.17) is 4.98 Å². The van der Waals surface area contributed by atoms with E-state index in [0.717, 1.165) is 30.7 Å². The second kappa shape index (κ2) is 10.1. The van der Waals surface area contributed by atoms with Crippen molar-refractivity contribution in [1.29, 1.82) is 0 Å². The Kier molecular flexibility index (Phi) is 6.78. The maximum atomic E-state index is 4.90. The van der Waals surface area contributed by atoms with Crippen LogP contribution in [0.2, 0.25) is 0 Å². The summed E-state index contributed by atoms with van der Waals surface area (Å²) in [6.45, 7) is 5.35. The molecule has 0 amide bonds. The Morgan fingerprint density at radius 3 is 2.31 bits per heavy atom. The molecule has 2 N–H and O–H groups in total. The Hall–Kier alpha value is -3.31. The number of hydrogen-bond acceptors (Lipinski definition) is 4. The molecule has 1 aliphatic carbocycles. The van der Waals surface area contributed by atoms with Crippen LogP contribution < -0.4 is 15.5 Å². The predicted molar refractivity (Wildman–Crippen MR) is 148 cm³/mol. The van der Waals surface area contributed by atoms with Gasteiger partial charge in [0.2, 0.25) is 0 Å². The summed E-state index contributed by atoms with van der Waals surface area (Å²) >= 11 is 0. The fraction of sp³-hybridized carbons (Fsp3) is 0.367. The average molecular weight is 468 g/mol. The number of hydrogen-bond donors (Lipinski definition) is 2. The third-order valence-corrected chi connectivity index (χ3v) is 7.39. The van der Waals surface area contributed by atoms with Gasteiger partial charge in [0, 0.05) is 66.9 Å². The number of anilines is 2. The van der Waals surface area contributed by atoms with Crippen molar-refractivity contribution in [2.75, 3.05) is 24.3 Å². The van der Waals surface area contributed by atoms with E-state index in [0.29, 0.717) is 12.1 Å². The molecule has 5 heteroatoms. The number of para-hydroxylation sites is 2. The summed E-state index contributed by atoms with van der Waals surface area (Å²) in [5.41, 5.74) is 7.50. The molecular formula is C30H37N5. The van der Waals surface area contributed by atoms with Crippen molar-refractivity contribution in [3.63, 3.8) is 0 Å². The standard InChI is InChI=1S/C30H37N5/c1-21-18-23(22(2)35(21)26-10-6-5-7-11-26)20-31-24-14-16-25(17-15-24)32-30-19-29(34(3)4)27-12-8-9-13-28(27)33-30/h5-13,18-19,24-25,31H,14-17,20H2,1-4H3,(H,32,33). The topological polar surface area (TPSA) is 45.1 Å². The Morgan fingerprint density at radius 2 is 1.57 bits per heavy atom.